The second kappa shape index (κ2) is 8.02. The van der Waals surface area contributed by atoms with Crippen LogP contribution in [0.1, 0.15) is 60.0 Å². The monoisotopic (exact) mass is 423 g/mol. The molecule has 3 unspecified atom stereocenters. The van der Waals surface area contributed by atoms with Crippen LogP contribution in [0, 0.1) is 5.92 Å². The van der Waals surface area contributed by atoms with Gasteiger partial charge in [-0.2, -0.15) is 13.2 Å². The number of hydrogen-bond donors (Lipinski definition) is 2. The van der Waals surface area contributed by atoms with Gasteiger partial charge in [0.15, 0.2) is 0 Å². The van der Waals surface area contributed by atoms with Crippen molar-refractivity contribution >= 4 is 17.7 Å². The van der Waals surface area contributed by atoms with Crippen molar-refractivity contribution in [2.75, 3.05) is 0 Å². The van der Waals surface area contributed by atoms with E-state index in [2.05, 4.69) is 10.6 Å². The average molecular weight is 423 g/mol. The normalized spacial score (nSPS) is 27.2. The Labute approximate surface area is 172 Å². The topological polar surface area (TPSA) is 78.5 Å². The maximum atomic E-state index is 13.0. The molecule has 0 aromatic heterocycles. The van der Waals surface area contributed by atoms with Gasteiger partial charge in [0.2, 0.25) is 11.8 Å². The summed E-state index contributed by atoms with van der Waals surface area (Å²) < 4.78 is 39.0. The van der Waals surface area contributed by atoms with Crippen LogP contribution in [0.15, 0.2) is 18.2 Å². The van der Waals surface area contributed by atoms with Crippen LogP contribution >= 0.6 is 0 Å². The van der Waals surface area contributed by atoms with Gasteiger partial charge < -0.3 is 10.2 Å². The lowest BCUT2D eigenvalue weighted by molar-refractivity contribution is -0.183. The fourth-order valence-electron chi connectivity index (χ4n) is 4.67. The molecule has 2 N–H and O–H groups in total. The van der Waals surface area contributed by atoms with E-state index in [9.17, 15) is 27.6 Å². The first-order chi connectivity index (χ1) is 14.2. The standard InChI is InChI=1S/C21H24F3N3O3/c22-21(23,24)14-2-1-3-15(9-14)25-10-12-4-5-16-13(8-12)11-27(20(16)30)17-6-7-18(28)26-19(17)29/h4-5,8,14-15,17,25H,1-3,6-7,9-11H2,(H,26,28,29). The third kappa shape index (κ3) is 4.21. The number of nitrogens with one attached hydrogen (secondary N) is 2. The summed E-state index contributed by atoms with van der Waals surface area (Å²) in [5, 5.41) is 5.50. The Hall–Kier alpha value is -2.42. The van der Waals surface area contributed by atoms with E-state index in [-0.39, 0.29) is 43.7 Å². The number of alkyl halides is 3. The fourth-order valence-corrected chi connectivity index (χ4v) is 4.67. The molecule has 3 amide bonds. The number of carbonyl (C=O) groups excluding carboxylic acids is 3. The summed E-state index contributed by atoms with van der Waals surface area (Å²) in [6, 6.07) is 4.53. The molecule has 9 heteroatoms. The zero-order valence-electron chi connectivity index (χ0n) is 16.4. The second-order valence-electron chi connectivity index (χ2n) is 8.37. The predicted octanol–water partition coefficient (Wildman–Crippen LogP) is 2.66. The molecule has 0 radical (unpaired) electrons. The van der Waals surface area contributed by atoms with Crippen molar-refractivity contribution in [1.29, 1.82) is 0 Å². The third-order valence-electron chi connectivity index (χ3n) is 6.32. The molecule has 162 valence electrons. The van der Waals surface area contributed by atoms with Gasteiger partial charge in [-0.1, -0.05) is 18.6 Å². The minimum absolute atomic E-state index is 0.0935. The van der Waals surface area contributed by atoms with Crippen molar-refractivity contribution in [3.8, 4) is 0 Å². The molecular weight excluding hydrogens is 399 g/mol. The first-order valence-corrected chi connectivity index (χ1v) is 10.3. The molecule has 4 rings (SSSR count). The quantitative estimate of drug-likeness (QED) is 0.730. The number of nitrogens with zero attached hydrogens (tertiary/aromatic N) is 1. The van der Waals surface area contributed by atoms with E-state index in [0.717, 1.165) is 17.5 Å². The van der Waals surface area contributed by atoms with Crippen molar-refractivity contribution in [2.24, 2.45) is 5.92 Å². The van der Waals surface area contributed by atoms with Crippen molar-refractivity contribution in [1.82, 2.24) is 15.5 Å². The SMILES string of the molecule is O=C1CCC(N2Cc3cc(CNC4CCCC(C(F)(F)F)C4)ccc3C2=O)C(=O)N1. The van der Waals surface area contributed by atoms with Crippen LogP contribution in [0.5, 0.6) is 0 Å². The molecule has 1 saturated carbocycles. The van der Waals surface area contributed by atoms with E-state index in [1.54, 1.807) is 12.1 Å². The Morgan fingerprint density at radius 3 is 2.67 bits per heavy atom. The summed E-state index contributed by atoms with van der Waals surface area (Å²) >= 11 is 0. The molecular formula is C21H24F3N3O3. The van der Waals surface area contributed by atoms with Crippen LogP contribution in [0.25, 0.3) is 0 Å². The summed E-state index contributed by atoms with van der Waals surface area (Å²) in [7, 11) is 0. The summed E-state index contributed by atoms with van der Waals surface area (Å²) in [5.41, 5.74) is 2.21. The van der Waals surface area contributed by atoms with Gasteiger partial charge in [0.1, 0.15) is 6.04 Å². The number of carbonyl (C=O) groups is 3. The molecule has 0 bridgehead atoms. The van der Waals surface area contributed by atoms with E-state index in [4.69, 9.17) is 0 Å². The Morgan fingerprint density at radius 2 is 1.93 bits per heavy atom. The van der Waals surface area contributed by atoms with Crippen LogP contribution in [-0.4, -0.2) is 40.9 Å². The summed E-state index contributed by atoms with van der Waals surface area (Å²) in [6.07, 6.45) is -2.07. The van der Waals surface area contributed by atoms with Gasteiger partial charge in [-0.05, 0) is 42.9 Å². The maximum Gasteiger partial charge on any atom is 0.391 e. The molecule has 2 fully saturated rings. The average Bonchev–Trinajstić information content (AvgIpc) is 3.02. The number of imide groups is 1. The maximum absolute atomic E-state index is 13.0. The van der Waals surface area contributed by atoms with E-state index < -0.39 is 24.0 Å². The van der Waals surface area contributed by atoms with Crippen LogP contribution in [0.4, 0.5) is 13.2 Å². The number of fused-ring (bicyclic) bond motifs is 1. The predicted molar refractivity (Wildman–Crippen MR) is 101 cm³/mol. The first-order valence-electron chi connectivity index (χ1n) is 10.3. The molecule has 1 aliphatic carbocycles. The van der Waals surface area contributed by atoms with E-state index >= 15 is 0 Å². The van der Waals surface area contributed by atoms with Crippen molar-refractivity contribution in [3.05, 3.63) is 34.9 Å². The molecule has 6 nitrogen and oxygen atoms in total. The first kappa shape index (κ1) is 20.8. The highest BCUT2D eigenvalue weighted by Crippen LogP contribution is 2.37. The van der Waals surface area contributed by atoms with E-state index in [0.29, 0.717) is 24.9 Å². The van der Waals surface area contributed by atoms with Crippen LogP contribution in [0.3, 0.4) is 0 Å². The largest absolute Gasteiger partial charge is 0.391 e. The highest BCUT2D eigenvalue weighted by molar-refractivity contribution is 6.05. The number of amides is 3. The van der Waals surface area contributed by atoms with Gasteiger partial charge in [-0.25, -0.2) is 0 Å². The Morgan fingerprint density at radius 1 is 1.13 bits per heavy atom. The minimum atomic E-state index is -4.15. The Bertz CT molecular complexity index is 871. The number of halogens is 3. The number of hydrogen-bond acceptors (Lipinski definition) is 4. The van der Waals surface area contributed by atoms with E-state index in [1.807, 2.05) is 6.07 Å². The summed E-state index contributed by atoms with van der Waals surface area (Å²) in [5.74, 6) is -2.27. The fraction of sp³-hybridized carbons (Fsp3) is 0.571. The van der Waals surface area contributed by atoms with Crippen LogP contribution in [-0.2, 0) is 22.7 Å². The molecule has 30 heavy (non-hydrogen) atoms. The molecule has 2 aliphatic heterocycles. The summed E-state index contributed by atoms with van der Waals surface area (Å²) in [4.78, 5) is 37.7. The van der Waals surface area contributed by atoms with Crippen molar-refractivity contribution in [2.45, 2.75) is 69.9 Å². The molecule has 2 heterocycles. The molecule has 1 saturated heterocycles. The van der Waals surface area contributed by atoms with Crippen molar-refractivity contribution in [3.63, 3.8) is 0 Å². The van der Waals surface area contributed by atoms with Gasteiger partial charge in [-0.3, -0.25) is 19.7 Å². The van der Waals surface area contributed by atoms with Crippen LogP contribution in [0.2, 0.25) is 0 Å². The molecule has 1 aromatic rings. The number of rotatable bonds is 4. The molecule has 3 aliphatic rings. The van der Waals surface area contributed by atoms with Gasteiger partial charge in [0.25, 0.3) is 5.91 Å². The van der Waals surface area contributed by atoms with Gasteiger partial charge in [-0.15, -0.1) is 0 Å². The number of benzene rings is 1. The molecule has 3 atom stereocenters. The lowest BCUT2D eigenvalue weighted by atomic mass is 9.85. The van der Waals surface area contributed by atoms with Crippen LogP contribution < -0.4 is 10.6 Å². The zero-order chi connectivity index (χ0) is 21.5. The Kier molecular flexibility index (Phi) is 5.57. The smallest absolute Gasteiger partial charge is 0.322 e. The highest BCUT2D eigenvalue weighted by atomic mass is 19.4. The highest BCUT2D eigenvalue weighted by Gasteiger charge is 2.42. The lowest BCUT2D eigenvalue weighted by Gasteiger charge is -2.31. The second-order valence-corrected chi connectivity index (χ2v) is 8.37. The molecule has 0 spiro atoms. The van der Waals surface area contributed by atoms with Gasteiger partial charge in [0.05, 0.1) is 5.92 Å². The lowest BCUT2D eigenvalue weighted by Crippen LogP contribution is -2.52. The third-order valence-corrected chi connectivity index (χ3v) is 6.32. The van der Waals surface area contributed by atoms with Gasteiger partial charge >= 0.3 is 6.18 Å². The number of piperidine rings is 1. The molecule has 1 aromatic carbocycles. The van der Waals surface area contributed by atoms with Crippen molar-refractivity contribution < 1.29 is 27.6 Å². The minimum Gasteiger partial charge on any atom is -0.322 e. The zero-order valence-corrected chi connectivity index (χ0v) is 16.4. The van der Waals surface area contributed by atoms with E-state index in [1.165, 1.54) is 4.90 Å². The Balaban J connectivity index is 1.38. The summed E-state index contributed by atoms with van der Waals surface area (Å²) in [6.45, 7) is 0.711. The van der Waals surface area contributed by atoms with Gasteiger partial charge in [0, 0.05) is 31.1 Å².